The Morgan fingerprint density at radius 1 is 1.62 bits per heavy atom. The second kappa shape index (κ2) is 3.54. The van der Waals surface area contributed by atoms with Crippen LogP contribution in [0.5, 0.6) is 5.75 Å². The van der Waals surface area contributed by atoms with Crippen LogP contribution in [-0.2, 0) is 0 Å². The monoisotopic (exact) mass is 199 g/mol. The van der Waals surface area contributed by atoms with E-state index in [1.54, 1.807) is 6.07 Å². The maximum atomic E-state index is 12.9. The maximum Gasteiger partial charge on any atom is 0.226 e. The molecule has 1 heterocycles. The molecule has 0 aromatic carbocycles. The summed E-state index contributed by atoms with van der Waals surface area (Å²) in [6.45, 7) is 0. The van der Waals surface area contributed by atoms with Crippen LogP contribution in [0.15, 0.2) is 17.2 Å². The van der Waals surface area contributed by atoms with Crippen LogP contribution in [-0.4, -0.2) is 17.3 Å². The molecular formula is C9H10FNOS. The van der Waals surface area contributed by atoms with E-state index < -0.39 is 5.95 Å². The summed E-state index contributed by atoms with van der Waals surface area (Å²) in [6.07, 6.45) is 5.80. The summed E-state index contributed by atoms with van der Waals surface area (Å²) in [5, 5.41) is 0. The van der Waals surface area contributed by atoms with Crippen LogP contribution < -0.4 is 4.74 Å². The first-order valence-electron chi connectivity index (χ1n) is 4.16. The summed E-state index contributed by atoms with van der Waals surface area (Å²) >= 11 is 1.34. The zero-order valence-electron chi connectivity index (χ0n) is 7.29. The lowest BCUT2D eigenvalue weighted by Crippen LogP contribution is -1.97. The fourth-order valence-corrected chi connectivity index (χ4v) is 1.45. The summed E-state index contributed by atoms with van der Waals surface area (Å²) in [7, 11) is 0. The molecule has 1 aliphatic rings. The Bertz CT molecular complexity index is 314. The van der Waals surface area contributed by atoms with Gasteiger partial charge in [0, 0.05) is 0 Å². The third-order valence-corrected chi connectivity index (χ3v) is 2.55. The van der Waals surface area contributed by atoms with Gasteiger partial charge in [-0.3, -0.25) is 0 Å². The van der Waals surface area contributed by atoms with E-state index in [0.29, 0.717) is 16.7 Å². The zero-order valence-corrected chi connectivity index (χ0v) is 8.10. The van der Waals surface area contributed by atoms with E-state index in [1.165, 1.54) is 18.0 Å². The number of aromatic nitrogens is 1. The van der Waals surface area contributed by atoms with E-state index in [-0.39, 0.29) is 0 Å². The lowest BCUT2D eigenvalue weighted by molar-refractivity contribution is 0.299. The van der Waals surface area contributed by atoms with E-state index in [2.05, 4.69) is 4.98 Å². The molecule has 1 aromatic rings. The molecule has 0 N–H and O–H groups in total. The average Bonchev–Trinajstić information content (AvgIpc) is 2.92. The standard InChI is InChI=1S/C9H10FNOS/c1-13-8-4-7(5-11-9(8)10)12-6-2-3-6/h4-6H,2-3H2,1H3. The van der Waals surface area contributed by atoms with Crippen molar-refractivity contribution in [2.75, 3.05) is 6.26 Å². The van der Waals surface area contributed by atoms with Gasteiger partial charge in [-0.2, -0.15) is 4.39 Å². The second-order valence-electron chi connectivity index (χ2n) is 2.98. The highest BCUT2D eigenvalue weighted by Crippen LogP contribution is 2.29. The predicted octanol–water partition coefficient (Wildman–Crippen LogP) is 2.48. The van der Waals surface area contributed by atoms with Gasteiger partial charge in [0.1, 0.15) is 5.75 Å². The topological polar surface area (TPSA) is 22.1 Å². The molecule has 0 atom stereocenters. The Morgan fingerprint density at radius 2 is 2.38 bits per heavy atom. The minimum Gasteiger partial charge on any atom is -0.489 e. The largest absolute Gasteiger partial charge is 0.489 e. The Kier molecular flexibility index (Phi) is 2.40. The molecule has 2 nitrogen and oxygen atoms in total. The van der Waals surface area contributed by atoms with Crippen molar-refractivity contribution in [3.63, 3.8) is 0 Å². The molecule has 0 radical (unpaired) electrons. The van der Waals surface area contributed by atoms with E-state index in [9.17, 15) is 4.39 Å². The SMILES string of the molecule is CSc1cc(OC2CC2)cnc1F. The minimum atomic E-state index is -0.421. The highest BCUT2D eigenvalue weighted by molar-refractivity contribution is 7.98. The van der Waals surface area contributed by atoms with E-state index >= 15 is 0 Å². The van der Waals surface area contributed by atoms with Gasteiger partial charge in [0.05, 0.1) is 17.2 Å². The average molecular weight is 199 g/mol. The molecule has 4 heteroatoms. The molecule has 0 amide bonds. The van der Waals surface area contributed by atoms with E-state index in [4.69, 9.17) is 4.74 Å². The molecule has 2 rings (SSSR count). The third-order valence-electron chi connectivity index (χ3n) is 1.83. The summed E-state index contributed by atoms with van der Waals surface area (Å²) < 4.78 is 18.4. The Morgan fingerprint density at radius 3 is 3.00 bits per heavy atom. The zero-order chi connectivity index (χ0) is 9.26. The molecule has 1 fully saturated rings. The summed E-state index contributed by atoms with van der Waals surface area (Å²) in [4.78, 5) is 4.16. The van der Waals surface area contributed by atoms with Gasteiger partial charge >= 0.3 is 0 Å². The number of nitrogens with zero attached hydrogens (tertiary/aromatic N) is 1. The molecule has 13 heavy (non-hydrogen) atoms. The first kappa shape index (κ1) is 8.81. The van der Waals surface area contributed by atoms with Crippen molar-refractivity contribution < 1.29 is 9.13 Å². The van der Waals surface area contributed by atoms with Gasteiger partial charge < -0.3 is 4.74 Å². The first-order valence-corrected chi connectivity index (χ1v) is 5.38. The molecule has 0 aliphatic heterocycles. The van der Waals surface area contributed by atoms with Crippen LogP contribution in [0, 0.1) is 5.95 Å². The molecule has 1 aliphatic carbocycles. The molecule has 0 unspecified atom stereocenters. The quantitative estimate of drug-likeness (QED) is 0.551. The van der Waals surface area contributed by atoms with Gasteiger partial charge in [-0.05, 0) is 25.2 Å². The van der Waals surface area contributed by atoms with Crippen molar-refractivity contribution in [2.24, 2.45) is 0 Å². The number of thioether (sulfide) groups is 1. The summed E-state index contributed by atoms with van der Waals surface area (Å²) in [5.74, 6) is 0.254. The Balaban J connectivity index is 2.16. The van der Waals surface area contributed by atoms with Crippen LogP contribution in [0.2, 0.25) is 0 Å². The highest BCUT2D eigenvalue weighted by Gasteiger charge is 2.23. The van der Waals surface area contributed by atoms with Crippen molar-refractivity contribution in [3.05, 3.63) is 18.2 Å². The van der Waals surface area contributed by atoms with E-state index in [0.717, 1.165) is 12.8 Å². The number of pyridine rings is 1. The first-order chi connectivity index (χ1) is 6.29. The molecule has 0 spiro atoms. The molecule has 0 bridgehead atoms. The van der Waals surface area contributed by atoms with Gasteiger partial charge in [-0.25, -0.2) is 4.98 Å². The summed E-state index contributed by atoms with van der Waals surface area (Å²) in [6, 6.07) is 1.70. The van der Waals surface area contributed by atoms with Crippen molar-refractivity contribution in [2.45, 2.75) is 23.8 Å². The van der Waals surface area contributed by atoms with Gasteiger partial charge in [0.15, 0.2) is 0 Å². The minimum absolute atomic E-state index is 0.335. The van der Waals surface area contributed by atoms with Crippen molar-refractivity contribution in [1.82, 2.24) is 4.98 Å². The molecular weight excluding hydrogens is 189 g/mol. The number of halogens is 1. The molecule has 1 aromatic heterocycles. The fraction of sp³-hybridized carbons (Fsp3) is 0.444. The summed E-state index contributed by atoms with van der Waals surface area (Å²) in [5.41, 5.74) is 0. The predicted molar refractivity (Wildman–Crippen MR) is 49.6 cm³/mol. The number of ether oxygens (including phenoxy) is 1. The molecule has 70 valence electrons. The molecule has 1 saturated carbocycles. The van der Waals surface area contributed by atoms with Crippen molar-refractivity contribution >= 4 is 11.8 Å². The lowest BCUT2D eigenvalue weighted by atomic mass is 10.4. The van der Waals surface area contributed by atoms with E-state index in [1.807, 2.05) is 6.26 Å². The lowest BCUT2D eigenvalue weighted by Gasteiger charge is -2.05. The van der Waals surface area contributed by atoms with Gasteiger partial charge in [0.2, 0.25) is 5.95 Å². The van der Waals surface area contributed by atoms with Crippen LogP contribution >= 0.6 is 11.8 Å². The van der Waals surface area contributed by atoms with Gasteiger partial charge in [-0.15, -0.1) is 11.8 Å². The van der Waals surface area contributed by atoms with Crippen LogP contribution in [0.3, 0.4) is 0 Å². The van der Waals surface area contributed by atoms with Gasteiger partial charge in [-0.1, -0.05) is 0 Å². The fourth-order valence-electron chi connectivity index (χ4n) is 0.996. The second-order valence-corrected chi connectivity index (χ2v) is 3.83. The Hall–Kier alpha value is -0.770. The normalized spacial score (nSPS) is 15.8. The van der Waals surface area contributed by atoms with Crippen molar-refractivity contribution in [3.8, 4) is 5.75 Å². The van der Waals surface area contributed by atoms with Gasteiger partial charge in [0.25, 0.3) is 0 Å². The van der Waals surface area contributed by atoms with Crippen molar-refractivity contribution in [1.29, 1.82) is 0 Å². The van der Waals surface area contributed by atoms with Crippen LogP contribution in [0.1, 0.15) is 12.8 Å². The highest BCUT2D eigenvalue weighted by atomic mass is 32.2. The van der Waals surface area contributed by atoms with Crippen LogP contribution in [0.4, 0.5) is 4.39 Å². The number of rotatable bonds is 3. The Labute approximate surface area is 80.5 Å². The maximum absolute atomic E-state index is 12.9. The number of hydrogen-bond donors (Lipinski definition) is 0. The molecule has 0 saturated heterocycles. The van der Waals surface area contributed by atoms with Crippen LogP contribution in [0.25, 0.3) is 0 Å². The number of hydrogen-bond acceptors (Lipinski definition) is 3. The smallest absolute Gasteiger partial charge is 0.226 e. The third kappa shape index (κ3) is 2.12.